The second kappa shape index (κ2) is 8.50. The quantitative estimate of drug-likeness (QED) is 0.756. The largest absolute Gasteiger partial charge is 0.303 e. The lowest BCUT2D eigenvalue weighted by Gasteiger charge is -2.27. The zero-order valence-electron chi connectivity index (χ0n) is 12.2. The summed E-state index contributed by atoms with van der Waals surface area (Å²) in [4.78, 5) is 2.58. The lowest BCUT2D eigenvalue weighted by molar-refractivity contribution is 0.261. The van der Waals surface area contributed by atoms with Gasteiger partial charge in [0.15, 0.2) is 0 Å². The summed E-state index contributed by atoms with van der Waals surface area (Å²) in [5.41, 5.74) is -0.291. The van der Waals surface area contributed by atoms with Crippen LogP contribution >= 0.6 is 0 Å². The summed E-state index contributed by atoms with van der Waals surface area (Å²) in [7, 11) is 0. The number of hydrogen-bond donors (Lipinski definition) is 1. The Morgan fingerprint density at radius 1 is 1.17 bits per heavy atom. The monoisotopic (exact) mass is 251 g/mol. The van der Waals surface area contributed by atoms with Gasteiger partial charge in [-0.1, -0.05) is 26.7 Å². The Morgan fingerprint density at radius 3 is 2.33 bits per heavy atom. The van der Waals surface area contributed by atoms with Crippen LogP contribution in [-0.2, 0) is 0 Å². The van der Waals surface area contributed by atoms with Crippen molar-refractivity contribution in [3.05, 3.63) is 0 Å². The van der Waals surface area contributed by atoms with Gasteiger partial charge in [-0.2, -0.15) is 5.26 Å². The zero-order chi connectivity index (χ0) is 13.3. The van der Waals surface area contributed by atoms with Crippen LogP contribution in [0.15, 0.2) is 0 Å². The Bertz CT molecular complexity index is 251. The molecule has 0 spiro atoms. The topological polar surface area (TPSA) is 39.1 Å². The van der Waals surface area contributed by atoms with Crippen LogP contribution < -0.4 is 5.32 Å². The number of nitrogens with zero attached hydrogens (tertiary/aromatic N) is 2. The molecule has 18 heavy (non-hydrogen) atoms. The molecule has 3 nitrogen and oxygen atoms in total. The average molecular weight is 251 g/mol. The van der Waals surface area contributed by atoms with E-state index < -0.39 is 0 Å². The lowest BCUT2D eigenvalue weighted by atomic mass is 9.92. The molecule has 1 N–H and O–H groups in total. The van der Waals surface area contributed by atoms with Gasteiger partial charge in [-0.3, -0.25) is 5.32 Å². The Labute approximate surface area is 113 Å². The summed E-state index contributed by atoms with van der Waals surface area (Å²) in [6.45, 7) is 8.74. The Kier molecular flexibility index (Phi) is 7.31. The number of rotatable bonds is 7. The van der Waals surface area contributed by atoms with Gasteiger partial charge in [-0.25, -0.2) is 0 Å². The van der Waals surface area contributed by atoms with Gasteiger partial charge in [0.1, 0.15) is 5.54 Å². The highest BCUT2D eigenvalue weighted by molar-refractivity contribution is 5.06. The van der Waals surface area contributed by atoms with Crippen molar-refractivity contribution in [3.8, 4) is 6.07 Å². The fourth-order valence-corrected chi connectivity index (χ4v) is 2.87. The number of likely N-dealkylation sites (tertiary alicyclic amines) is 1. The third-order valence-electron chi connectivity index (χ3n) is 4.11. The van der Waals surface area contributed by atoms with E-state index in [2.05, 4.69) is 30.1 Å². The molecule has 0 radical (unpaired) electrons. The van der Waals surface area contributed by atoms with Crippen LogP contribution in [0.5, 0.6) is 0 Å². The Hall–Kier alpha value is -0.590. The molecule has 1 aliphatic rings. The standard InChI is InChI=1S/C15H29N3/c1-3-15(14-16,17-4-2)10-9-13-18-11-7-5-6-8-12-18/h17H,3-13H2,1-2H3. The molecule has 0 aromatic heterocycles. The third kappa shape index (κ3) is 4.96. The van der Waals surface area contributed by atoms with Crippen molar-refractivity contribution in [2.24, 2.45) is 0 Å². The first-order valence-electron chi connectivity index (χ1n) is 7.65. The van der Waals surface area contributed by atoms with Crippen molar-refractivity contribution < 1.29 is 0 Å². The van der Waals surface area contributed by atoms with Crippen LogP contribution in [0.2, 0.25) is 0 Å². The van der Waals surface area contributed by atoms with Gasteiger partial charge >= 0.3 is 0 Å². The molecule has 0 amide bonds. The van der Waals surface area contributed by atoms with Crippen LogP contribution in [0.3, 0.4) is 0 Å². The van der Waals surface area contributed by atoms with Gasteiger partial charge in [0.2, 0.25) is 0 Å². The van der Waals surface area contributed by atoms with E-state index in [-0.39, 0.29) is 5.54 Å². The fourth-order valence-electron chi connectivity index (χ4n) is 2.87. The van der Waals surface area contributed by atoms with Gasteiger partial charge < -0.3 is 4.90 Å². The van der Waals surface area contributed by atoms with Gasteiger partial charge in [-0.15, -0.1) is 0 Å². The van der Waals surface area contributed by atoms with E-state index >= 15 is 0 Å². The van der Waals surface area contributed by atoms with E-state index in [1.807, 2.05) is 0 Å². The maximum Gasteiger partial charge on any atom is 0.106 e. The second-order valence-electron chi connectivity index (χ2n) is 5.44. The summed E-state index contributed by atoms with van der Waals surface area (Å²) in [6, 6.07) is 2.49. The molecule has 0 aromatic rings. The number of nitrogens with one attached hydrogen (secondary N) is 1. The van der Waals surface area contributed by atoms with E-state index in [0.717, 1.165) is 32.4 Å². The SMILES string of the molecule is CCNC(C#N)(CC)CCCN1CCCCCC1. The van der Waals surface area contributed by atoms with E-state index in [9.17, 15) is 5.26 Å². The lowest BCUT2D eigenvalue weighted by Crippen LogP contribution is -2.43. The maximum absolute atomic E-state index is 9.36. The summed E-state index contributed by atoms with van der Waals surface area (Å²) in [5, 5.41) is 12.7. The molecule has 0 aromatic carbocycles. The van der Waals surface area contributed by atoms with Crippen molar-refractivity contribution >= 4 is 0 Å². The highest BCUT2D eigenvalue weighted by Gasteiger charge is 2.26. The molecule has 3 heteroatoms. The smallest absolute Gasteiger partial charge is 0.106 e. The molecule has 0 saturated carbocycles. The maximum atomic E-state index is 9.36. The van der Waals surface area contributed by atoms with Crippen molar-refractivity contribution in [1.82, 2.24) is 10.2 Å². The molecule has 1 unspecified atom stereocenters. The molecule has 104 valence electrons. The summed E-state index contributed by atoms with van der Waals surface area (Å²) in [5.74, 6) is 0. The molecule has 1 saturated heterocycles. The molecular weight excluding hydrogens is 222 g/mol. The van der Waals surface area contributed by atoms with Crippen LogP contribution in [0.4, 0.5) is 0 Å². The summed E-state index contributed by atoms with van der Waals surface area (Å²) >= 11 is 0. The van der Waals surface area contributed by atoms with Crippen molar-refractivity contribution in [1.29, 1.82) is 5.26 Å². The first-order chi connectivity index (χ1) is 8.76. The average Bonchev–Trinajstić information content (AvgIpc) is 2.66. The molecule has 1 heterocycles. The van der Waals surface area contributed by atoms with Crippen molar-refractivity contribution in [3.63, 3.8) is 0 Å². The normalized spacial score (nSPS) is 20.9. The molecule has 1 rings (SSSR count). The predicted molar refractivity (Wildman–Crippen MR) is 76.5 cm³/mol. The minimum atomic E-state index is -0.291. The number of nitriles is 1. The van der Waals surface area contributed by atoms with Gasteiger partial charge in [-0.05, 0) is 58.3 Å². The minimum Gasteiger partial charge on any atom is -0.303 e. The van der Waals surface area contributed by atoms with E-state index in [0.29, 0.717) is 0 Å². The van der Waals surface area contributed by atoms with E-state index in [1.54, 1.807) is 0 Å². The Balaban J connectivity index is 2.31. The fraction of sp³-hybridized carbons (Fsp3) is 0.933. The minimum absolute atomic E-state index is 0.291. The van der Waals surface area contributed by atoms with Crippen molar-refractivity contribution in [2.75, 3.05) is 26.2 Å². The molecule has 1 atom stereocenters. The highest BCUT2D eigenvalue weighted by atomic mass is 15.1. The van der Waals surface area contributed by atoms with Crippen LogP contribution in [0.1, 0.15) is 58.8 Å². The van der Waals surface area contributed by atoms with Gasteiger partial charge in [0, 0.05) is 0 Å². The highest BCUT2D eigenvalue weighted by Crippen LogP contribution is 2.18. The Morgan fingerprint density at radius 2 is 1.83 bits per heavy atom. The van der Waals surface area contributed by atoms with Crippen LogP contribution in [0, 0.1) is 11.3 Å². The first-order valence-corrected chi connectivity index (χ1v) is 7.65. The number of hydrogen-bond acceptors (Lipinski definition) is 3. The molecule has 1 aliphatic heterocycles. The third-order valence-corrected chi connectivity index (χ3v) is 4.11. The van der Waals surface area contributed by atoms with Crippen LogP contribution in [-0.4, -0.2) is 36.6 Å². The predicted octanol–water partition coefficient (Wildman–Crippen LogP) is 2.92. The summed E-state index contributed by atoms with van der Waals surface area (Å²) in [6.07, 6.45) is 8.50. The van der Waals surface area contributed by atoms with Crippen LogP contribution in [0.25, 0.3) is 0 Å². The zero-order valence-corrected chi connectivity index (χ0v) is 12.2. The molecule has 0 aliphatic carbocycles. The summed E-state index contributed by atoms with van der Waals surface area (Å²) < 4.78 is 0. The van der Waals surface area contributed by atoms with Gasteiger partial charge in [0.05, 0.1) is 6.07 Å². The second-order valence-corrected chi connectivity index (χ2v) is 5.44. The van der Waals surface area contributed by atoms with Gasteiger partial charge in [0.25, 0.3) is 0 Å². The molecule has 0 bridgehead atoms. The molecule has 1 fully saturated rings. The first kappa shape index (κ1) is 15.5. The van der Waals surface area contributed by atoms with Crippen molar-refractivity contribution in [2.45, 2.75) is 64.3 Å². The van der Waals surface area contributed by atoms with E-state index in [1.165, 1.54) is 38.8 Å². The van der Waals surface area contributed by atoms with E-state index in [4.69, 9.17) is 0 Å². The molecular formula is C15H29N3.